The molecule has 0 saturated carbocycles. The topological polar surface area (TPSA) is 25.8 Å². The fraction of sp³-hybridized carbons (Fsp3) is 0.774. The first-order chi connectivity index (χ1) is 34.8. The number of nitrogens with zero attached hydrogens (tertiary/aromatic N) is 2. The molecule has 2 nitrogen and oxygen atoms in total. The first-order valence-corrected chi connectivity index (χ1v) is 34.0. The van der Waals surface area contributed by atoms with Crippen LogP contribution in [0.5, 0.6) is 0 Å². The third-order valence-corrected chi connectivity index (χ3v) is 20.2. The second-order valence-electron chi connectivity index (χ2n) is 21.8. The van der Waals surface area contributed by atoms with E-state index in [0.29, 0.717) is 27.6 Å². The standard InChI is InChI=1S/C62H100Br2F2N2S3/c1-5-9-13-17-21-25-27-31-35-39-42-49(41-37-33-29-23-19-15-11-7-3)45-51-47-53(69-61(51)63)55-57(65)58(66)56(60-59(55)67-68-71-60)54-48-52(62(64)70-54)46-50(43-38-34-30-24-20-16-12-8-4)44-40-36-32-28-26-22-18-14-10-6-2/h47-50H,5-46H2,1-4H3. The molecule has 4 rings (SSSR count). The summed E-state index contributed by atoms with van der Waals surface area (Å²) in [6.07, 6.45) is 55.3. The summed E-state index contributed by atoms with van der Waals surface area (Å²) in [5.74, 6) is -0.396. The van der Waals surface area contributed by atoms with E-state index in [2.05, 4.69) is 81.3 Å². The summed E-state index contributed by atoms with van der Waals surface area (Å²) in [4.78, 5) is 1.50. The molecule has 3 heterocycles. The van der Waals surface area contributed by atoms with Crippen molar-refractivity contribution in [3.63, 3.8) is 0 Å². The number of unbranched alkanes of at least 4 members (excludes halogenated alkanes) is 32. The maximum Gasteiger partial charge on any atom is 0.170 e. The Morgan fingerprint density at radius 3 is 1.01 bits per heavy atom. The van der Waals surface area contributed by atoms with Crippen molar-refractivity contribution < 1.29 is 8.78 Å². The summed E-state index contributed by atoms with van der Waals surface area (Å²) in [5, 5.41) is 4.52. The Hall–Kier alpha value is -0.740. The molecule has 0 N–H and O–H groups in total. The number of fused-ring (bicyclic) bond motifs is 1. The SMILES string of the molecule is CCCCCCCCCCCCC(CCCCCCCCCC)Cc1cc(-c2c(F)c(F)c(-c3cc(CC(CCCCCCCCCC)CCCCCCCCCCCC)c(Br)s3)c3snnc23)sc1Br. The van der Waals surface area contributed by atoms with E-state index in [4.69, 9.17) is 0 Å². The normalized spacial score (nSPS) is 12.8. The Labute approximate surface area is 463 Å². The van der Waals surface area contributed by atoms with Crippen LogP contribution in [-0.4, -0.2) is 9.59 Å². The zero-order valence-corrected chi connectivity index (χ0v) is 51.3. The fourth-order valence-electron chi connectivity index (χ4n) is 11.0. The van der Waals surface area contributed by atoms with Gasteiger partial charge in [0, 0.05) is 9.75 Å². The second-order valence-corrected chi connectivity index (χ2v) is 27.3. The first-order valence-electron chi connectivity index (χ1n) is 30.0. The van der Waals surface area contributed by atoms with Crippen molar-refractivity contribution in [3.05, 3.63) is 42.5 Å². The highest BCUT2D eigenvalue weighted by Gasteiger charge is 2.28. The highest BCUT2D eigenvalue weighted by Crippen LogP contribution is 2.48. The third kappa shape index (κ3) is 24.4. The van der Waals surface area contributed by atoms with Gasteiger partial charge in [0.15, 0.2) is 11.6 Å². The third-order valence-electron chi connectivity index (χ3n) is 15.5. The molecule has 3 aromatic heterocycles. The molecule has 0 amide bonds. The molecule has 0 spiro atoms. The zero-order valence-electron chi connectivity index (χ0n) is 45.6. The van der Waals surface area contributed by atoms with Crippen LogP contribution in [0.2, 0.25) is 0 Å². The molecule has 1 aromatic carbocycles. The number of aromatic nitrogens is 2. The van der Waals surface area contributed by atoms with E-state index < -0.39 is 11.6 Å². The van der Waals surface area contributed by atoms with E-state index in [1.54, 1.807) is 0 Å². The first kappa shape index (κ1) is 62.8. The maximum atomic E-state index is 16.8. The van der Waals surface area contributed by atoms with Gasteiger partial charge in [0.1, 0.15) is 5.52 Å². The van der Waals surface area contributed by atoms with Crippen LogP contribution in [0, 0.1) is 23.5 Å². The average Bonchev–Trinajstić information content (AvgIpc) is 4.09. The predicted molar refractivity (Wildman–Crippen MR) is 321 cm³/mol. The smallest absolute Gasteiger partial charge is 0.170 e. The zero-order chi connectivity index (χ0) is 50.7. The molecule has 0 saturated heterocycles. The average molecular weight is 1170 g/mol. The Bertz CT molecular complexity index is 1800. The molecule has 0 aliphatic heterocycles. The number of rotatable bonds is 46. The van der Waals surface area contributed by atoms with E-state index in [9.17, 15) is 0 Å². The van der Waals surface area contributed by atoms with Crippen LogP contribution in [0.3, 0.4) is 0 Å². The van der Waals surface area contributed by atoms with E-state index in [1.165, 1.54) is 302 Å². The highest BCUT2D eigenvalue weighted by atomic mass is 79.9. The molecule has 4 aromatic rings. The fourth-order valence-corrected chi connectivity index (χ4v) is 15.3. The van der Waals surface area contributed by atoms with E-state index in [1.807, 2.05) is 0 Å². The van der Waals surface area contributed by atoms with Gasteiger partial charge in [-0.05, 0) is 91.3 Å². The van der Waals surface area contributed by atoms with Gasteiger partial charge in [-0.3, -0.25) is 0 Å². The van der Waals surface area contributed by atoms with Crippen LogP contribution in [-0.2, 0) is 12.8 Å². The molecule has 0 fully saturated rings. The van der Waals surface area contributed by atoms with E-state index >= 15 is 8.78 Å². The van der Waals surface area contributed by atoms with Crippen LogP contribution in [0.1, 0.15) is 296 Å². The number of halogens is 4. The molecule has 0 bridgehead atoms. The van der Waals surface area contributed by atoms with Crippen molar-refractivity contribution in [2.75, 3.05) is 0 Å². The Morgan fingerprint density at radius 2 is 0.690 bits per heavy atom. The monoisotopic (exact) mass is 1160 g/mol. The molecule has 2 unspecified atom stereocenters. The second kappa shape index (κ2) is 39.6. The van der Waals surface area contributed by atoms with Crippen LogP contribution in [0.15, 0.2) is 19.7 Å². The molecule has 9 heteroatoms. The van der Waals surface area contributed by atoms with E-state index in [0.717, 1.165) is 30.2 Å². The van der Waals surface area contributed by atoms with Crippen molar-refractivity contribution in [1.82, 2.24) is 9.59 Å². The van der Waals surface area contributed by atoms with Gasteiger partial charge in [0.05, 0.1) is 23.4 Å². The highest BCUT2D eigenvalue weighted by molar-refractivity contribution is 9.11. The molecule has 2 atom stereocenters. The molecular formula is C62H100Br2F2N2S3. The van der Waals surface area contributed by atoms with Crippen molar-refractivity contribution in [1.29, 1.82) is 0 Å². The Kier molecular flexibility index (Phi) is 35.0. The van der Waals surface area contributed by atoms with Crippen LogP contribution in [0.4, 0.5) is 8.78 Å². The summed E-state index contributed by atoms with van der Waals surface area (Å²) in [6.45, 7) is 9.16. The van der Waals surface area contributed by atoms with Gasteiger partial charge in [-0.25, -0.2) is 8.78 Å². The maximum absolute atomic E-state index is 16.8. The summed E-state index contributed by atoms with van der Waals surface area (Å²) >= 11 is 12.1. The minimum atomic E-state index is -0.805. The van der Waals surface area contributed by atoms with Crippen molar-refractivity contribution >= 4 is 76.3 Å². The largest absolute Gasteiger partial charge is 0.203 e. The van der Waals surface area contributed by atoms with Gasteiger partial charge in [-0.1, -0.05) is 289 Å². The van der Waals surface area contributed by atoms with Gasteiger partial charge < -0.3 is 0 Å². The van der Waals surface area contributed by atoms with Gasteiger partial charge in [0.25, 0.3) is 0 Å². The summed E-state index contributed by atoms with van der Waals surface area (Å²) in [6, 6.07) is 4.28. The quantitative estimate of drug-likeness (QED) is 0.0412. The summed E-state index contributed by atoms with van der Waals surface area (Å²) < 4.78 is 40.7. The van der Waals surface area contributed by atoms with E-state index in [-0.39, 0.29) is 5.56 Å². The lowest BCUT2D eigenvalue weighted by Gasteiger charge is -2.17. The molecule has 0 aliphatic carbocycles. The summed E-state index contributed by atoms with van der Waals surface area (Å²) in [7, 11) is 0. The number of thiophene rings is 2. The Morgan fingerprint density at radius 1 is 0.408 bits per heavy atom. The van der Waals surface area contributed by atoms with Crippen LogP contribution in [0.25, 0.3) is 31.1 Å². The lowest BCUT2D eigenvalue weighted by Crippen LogP contribution is -2.05. The number of benzene rings is 1. The van der Waals surface area contributed by atoms with Crippen molar-refractivity contribution in [2.45, 2.75) is 297 Å². The molecule has 0 aliphatic rings. The summed E-state index contributed by atoms with van der Waals surface area (Å²) in [5.41, 5.74) is 3.50. The van der Waals surface area contributed by atoms with Gasteiger partial charge >= 0.3 is 0 Å². The molecule has 71 heavy (non-hydrogen) atoms. The van der Waals surface area contributed by atoms with Gasteiger partial charge in [0.2, 0.25) is 0 Å². The molecule has 404 valence electrons. The van der Waals surface area contributed by atoms with Gasteiger partial charge in [-0.15, -0.1) is 27.8 Å². The van der Waals surface area contributed by atoms with Crippen molar-refractivity contribution in [2.24, 2.45) is 11.8 Å². The minimum absolute atomic E-state index is 0.263. The molecular weight excluding hydrogens is 1070 g/mol. The number of hydrogen-bond donors (Lipinski definition) is 0. The van der Waals surface area contributed by atoms with Gasteiger partial charge in [-0.2, -0.15) is 0 Å². The van der Waals surface area contributed by atoms with Crippen LogP contribution < -0.4 is 0 Å². The predicted octanol–water partition coefficient (Wildman–Crippen LogP) is 25.0. The molecule has 0 radical (unpaired) electrons. The Balaban J connectivity index is 1.44. The van der Waals surface area contributed by atoms with Crippen molar-refractivity contribution in [3.8, 4) is 20.9 Å². The van der Waals surface area contributed by atoms with Crippen LogP contribution >= 0.6 is 66.1 Å². The minimum Gasteiger partial charge on any atom is -0.203 e. The number of hydrogen-bond acceptors (Lipinski definition) is 5. The lowest BCUT2D eigenvalue weighted by atomic mass is 9.89. The lowest BCUT2D eigenvalue weighted by molar-refractivity contribution is 0.399.